The lowest BCUT2D eigenvalue weighted by Crippen LogP contribution is -2.57. The van der Waals surface area contributed by atoms with Crippen LogP contribution in [0.2, 0.25) is 0 Å². The van der Waals surface area contributed by atoms with Crippen LogP contribution >= 0.6 is 11.8 Å². The average molecular weight is 402 g/mol. The van der Waals surface area contributed by atoms with E-state index in [1.165, 1.54) is 37.7 Å². The molecule has 4 atom stereocenters. The van der Waals surface area contributed by atoms with Gasteiger partial charge in [-0.2, -0.15) is 0 Å². The van der Waals surface area contributed by atoms with E-state index < -0.39 is 0 Å². The molecule has 3 heterocycles. The molecule has 1 aliphatic carbocycles. The van der Waals surface area contributed by atoms with Crippen LogP contribution in [0.25, 0.3) is 0 Å². The normalized spacial score (nSPS) is 35.4. The number of likely N-dealkylation sites (tertiary alicyclic amines) is 1. The van der Waals surface area contributed by atoms with E-state index in [0.29, 0.717) is 12.1 Å². The van der Waals surface area contributed by atoms with Crippen LogP contribution in [0.1, 0.15) is 56.6 Å². The number of fused-ring (bicyclic) bond motifs is 1. The van der Waals surface area contributed by atoms with Crippen molar-refractivity contribution in [2.75, 3.05) is 13.1 Å². The van der Waals surface area contributed by atoms with Crippen molar-refractivity contribution in [3.8, 4) is 0 Å². The summed E-state index contributed by atoms with van der Waals surface area (Å²) in [7, 11) is 0. The Bertz CT molecular complexity index is 697. The first-order chi connectivity index (χ1) is 13.7. The molecule has 0 spiro atoms. The first-order valence-electron chi connectivity index (χ1n) is 10.8. The maximum absolute atomic E-state index is 12.1. The molecular weight excluding hydrogens is 370 g/mol. The first kappa shape index (κ1) is 18.9. The van der Waals surface area contributed by atoms with Crippen molar-refractivity contribution in [3.05, 3.63) is 35.9 Å². The second-order valence-corrected chi connectivity index (χ2v) is 9.68. The minimum Gasteiger partial charge on any atom is -0.368 e. The molecule has 7 heteroatoms. The number of nitrogens with two attached hydrogens (primary N) is 1. The number of primary amides is 1. The second kappa shape index (κ2) is 7.95. The van der Waals surface area contributed by atoms with Crippen molar-refractivity contribution in [2.45, 2.75) is 74.1 Å². The van der Waals surface area contributed by atoms with Gasteiger partial charge < -0.3 is 5.73 Å². The Morgan fingerprint density at radius 3 is 2.61 bits per heavy atom. The van der Waals surface area contributed by atoms with Crippen molar-refractivity contribution in [1.29, 1.82) is 0 Å². The zero-order valence-electron chi connectivity index (χ0n) is 16.4. The molecule has 0 bridgehead atoms. The average Bonchev–Trinajstić information content (AvgIpc) is 3.43. The summed E-state index contributed by atoms with van der Waals surface area (Å²) in [6, 6.07) is 11.6. The summed E-state index contributed by atoms with van der Waals surface area (Å²) in [4.78, 5) is 14.4. The van der Waals surface area contributed by atoms with E-state index in [1.807, 2.05) is 11.8 Å². The van der Waals surface area contributed by atoms with Gasteiger partial charge in [-0.3, -0.25) is 15.0 Å². The molecule has 0 aromatic heterocycles. The fraction of sp³-hybridized carbons (Fsp3) is 0.667. The molecule has 4 fully saturated rings. The van der Waals surface area contributed by atoms with Gasteiger partial charge in [-0.25, -0.2) is 10.0 Å². The number of nitrogens with zero attached hydrogens (tertiary/aromatic N) is 3. The summed E-state index contributed by atoms with van der Waals surface area (Å²) in [6.07, 6.45) is 8.45. The largest absolute Gasteiger partial charge is 0.368 e. The first-order valence-corrected chi connectivity index (χ1v) is 11.7. The number of amides is 1. The van der Waals surface area contributed by atoms with E-state index in [-0.39, 0.29) is 22.9 Å². The molecule has 3 N–H and O–H groups in total. The van der Waals surface area contributed by atoms with E-state index in [9.17, 15) is 4.79 Å². The lowest BCUT2D eigenvalue weighted by Gasteiger charge is -2.43. The molecule has 6 nitrogen and oxygen atoms in total. The van der Waals surface area contributed by atoms with Crippen molar-refractivity contribution < 1.29 is 4.79 Å². The number of hydrogen-bond donors (Lipinski definition) is 2. The molecule has 0 radical (unpaired) electrons. The fourth-order valence-corrected chi connectivity index (χ4v) is 7.07. The van der Waals surface area contributed by atoms with Gasteiger partial charge in [0.25, 0.3) is 0 Å². The number of carbonyl (C=O) groups is 1. The van der Waals surface area contributed by atoms with Gasteiger partial charge in [-0.15, -0.1) is 0 Å². The SMILES string of the molecule is NC(=O)C1CCCN1C1SC2NC(c3ccccc3)CN2N1C1CCCCC1. The highest BCUT2D eigenvalue weighted by Gasteiger charge is 2.52. The summed E-state index contributed by atoms with van der Waals surface area (Å²) in [6.45, 7) is 1.96. The lowest BCUT2D eigenvalue weighted by molar-refractivity contribution is -0.129. The Labute approximate surface area is 171 Å². The monoisotopic (exact) mass is 401 g/mol. The number of carbonyl (C=O) groups excluding carboxylic acids is 1. The van der Waals surface area contributed by atoms with Crippen LogP contribution < -0.4 is 11.1 Å². The maximum Gasteiger partial charge on any atom is 0.234 e. The number of thioether (sulfide) groups is 1. The Balaban J connectivity index is 1.40. The Kier molecular flexibility index (Phi) is 5.36. The lowest BCUT2D eigenvalue weighted by atomic mass is 9.95. The summed E-state index contributed by atoms with van der Waals surface area (Å²) in [5.74, 6) is -0.163. The third-order valence-electron chi connectivity index (χ3n) is 6.81. The van der Waals surface area contributed by atoms with Gasteiger partial charge in [0.15, 0.2) is 0 Å². The number of nitrogens with one attached hydrogen (secondary N) is 1. The van der Waals surface area contributed by atoms with Crippen LogP contribution in [-0.4, -0.2) is 57.0 Å². The molecular formula is C21H31N5OS. The van der Waals surface area contributed by atoms with E-state index >= 15 is 0 Å². The Morgan fingerprint density at radius 2 is 1.86 bits per heavy atom. The molecule has 1 amide bonds. The van der Waals surface area contributed by atoms with Crippen LogP contribution in [0, 0.1) is 0 Å². The summed E-state index contributed by atoms with van der Waals surface area (Å²) in [5.41, 5.74) is 7.60. The van der Waals surface area contributed by atoms with E-state index in [1.54, 1.807) is 0 Å². The van der Waals surface area contributed by atoms with E-state index in [4.69, 9.17) is 5.73 Å². The van der Waals surface area contributed by atoms with Crippen LogP contribution in [0.4, 0.5) is 0 Å². The molecule has 5 rings (SSSR count). The van der Waals surface area contributed by atoms with Gasteiger partial charge >= 0.3 is 0 Å². The third kappa shape index (κ3) is 3.37. The smallest absolute Gasteiger partial charge is 0.234 e. The molecule has 3 saturated heterocycles. The zero-order chi connectivity index (χ0) is 19.1. The van der Waals surface area contributed by atoms with Crippen molar-refractivity contribution in [3.63, 3.8) is 0 Å². The molecule has 1 saturated carbocycles. The molecule has 4 unspecified atom stereocenters. The van der Waals surface area contributed by atoms with Crippen LogP contribution in [0.3, 0.4) is 0 Å². The molecule has 152 valence electrons. The van der Waals surface area contributed by atoms with E-state index in [0.717, 1.165) is 25.9 Å². The standard InChI is InChI=1S/C21H31N5OS/c22-19(27)18-12-7-13-24(18)21-26(16-10-5-2-6-11-16)25-14-17(23-20(25)28-21)15-8-3-1-4-9-15/h1,3-4,8-9,16-18,20-21,23H,2,5-7,10-14H2,(H2,22,27). The summed E-state index contributed by atoms with van der Waals surface area (Å²) < 4.78 is 0. The minimum absolute atomic E-state index is 0.117. The molecule has 1 aromatic rings. The summed E-state index contributed by atoms with van der Waals surface area (Å²) in [5, 5.41) is 9.03. The summed E-state index contributed by atoms with van der Waals surface area (Å²) >= 11 is 1.96. The minimum atomic E-state index is -0.163. The van der Waals surface area contributed by atoms with Crippen LogP contribution in [0.5, 0.6) is 0 Å². The van der Waals surface area contributed by atoms with Gasteiger partial charge in [0.2, 0.25) is 5.91 Å². The number of hydrazine groups is 1. The fourth-order valence-electron chi connectivity index (χ4n) is 5.43. The third-order valence-corrected chi connectivity index (χ3v) is 8.18. The number of rotatable bonds is 4. The van der Waals surface area contributed by atoms with Gasteiger partial charge in [0.05, 0.1) is 6.04 Å². The molecule has 28 heavy (non-hydrogen) atoms. The van der Waals surface area contributed by atoms with Crippen LogP contribution in [0.15, 0.2) is 30.3 Å². The molecule has 3 aliphatic heterocycles. The van der Waals surface area contributed by atoms with Crippen molar-refractivity contribution in [1.82, 2.24) is 20.2 Å². The highest BCUT2D eigenvalue weighted by Crippen LogP contribution is 2.46. The predicted octanol–water partition coefficient (Wildman–Crippen LogP) is 2.45. The van der Waals surface area contributed by atoms with Gasteiger partial charge in [0, 0.05) is 25.2 Å². The van der Waals surface area contributed by atoms with Crippen molar-refractivity contribution >= 4 is 17.7 Å². The predicted molar refractivity (Wildman–Crippen MR) is 112 cm³/mol. The van der Waals surface area contributed by atoms with Crippen LogP contribution in [-0.2, 0) is 4.79 Å². The zero-order valence-corrected chi connectivity index (χ0v) is 17.2. The van der Waals surface area contributed by atoms with Crippen molar-refractivity contribution in [2.24, 2.45) is 5.73 Å². The quantitative estimate of drug-likeness (QED) is 0.808. The van der Waals surface area contributed by atoms with Gasteiger partial charge in [-0.05, 0) is 31.2 Å². The highest BCUT2D eigenvalue weighted by molar-refractivity contribution is 8.00. The van der Waals surface area contributed by atoms with Gasteiger partial charge in [0.1, 0.15) is 11.0 Å². The Hall–Kier alpha value is -1.12. The number of hydrogen-bond acceptors (Lipinski definition) is 6. The molecule has 1 aromatic carbocycles. The number of benzene rings is 1. The highest BCUT2D eigenvalue weighted by atomic mass is 32.2. The Morgan fingerprint density at radius 1 is 1.07 bits per heavy atom. The maximum atomic E-state index is 12.1. The second-order valence-electron chi connectivity index (χ2n) is 8.54. The topological polar surface area (TPSA) is 64.8 Å². The molecule has 4 aliphatic rings. The van der Waals surface area contributed by atoms with Gasteiger partial charge in [-0.1, -0.05) is 61.4 Å². The van der Waals surface area contributed by atoms with E-state index in [2.05, 4.69) is 50.6 Å².